The van der Waals surface area contributed by atoms with Crippen LogP contribution in [0.25, 0.3) is 22.3 Å². The van der Waals surface area contributed by atoms with Crippen LogP contribution in [-0.4, -0.2) is 89.1 Å². The van der Waals surface area contributed by atoms with E-state index < -0.39 is 87.8 Å². The number of anilines is 1. The predicted molar refractivity (Wildman–Crippen MR) is 179 cm³/mol. The van der Waals surface area contributed by atoms with Crippen molar-refractivity contribution in [3.05, 3.63) is 35.0 Å². The third-order valence-corrected chi connectivity index (χ3v) is 11.5. The average molecular weight is 809 g/mol. The van der Waals surface area contributed by atoms with E-state index in [1.165, 1.54) is 6.20 Å². The maximum absolute atomic E-state index is 16.4. The summed E-state index contributed by atoms with van der Waals surface area (Å²) in [6.07, 6.45) is -4.02. The van der Waals surface area contributed by atoms with E-state index in [2.05, 4.69) is 47.5 Å². The highest BCUT2D eigenvalue weighted by Crippen LogP contribution is 2.58. The molecule has 0 aromatic carbocycles. The minimum absolute atomic E-state index is 0.0281. The summed E-state index contributed by atoms with van der Waals surface area (Å²) in [6.45, 7) is -9.77. The molecule has 1 amide bonds. The standard InChI is InChI=1S/C26H29F3N10O9P2S2/c1-13(2)22(40)36-25-35-21-18(23(41)37-25)33-12-39(21)24-19-17(27)15(47-24)7-45-50(52,43-5-3-4-30)46-10-26(28,29)9-38-16(8-44-49(42,51)48-19)34-14-6-31-11-32-20(14)38/h6,11-13,15,17,19,24H,3,5,7-10H2,1-2H3,(H,42,51)(H2,35,36,37,40,41)/t15-,17-,19-,24-,49?,50?/m1/s1. The highest BCUT2D eigenvalue weighted by Gasteiger charge is 2.51. The van der Waals surface area contributed by atoms with E-state index in [1.807, 2.05) is 6.07 Å². The van der Waals surface area contributed by atoms with Gasteiger partial charge in [-0.05, 0) is 11.8 Å². The van der Waals surface area contributed by atoms with Crippen LogP contribution in [0.3, 0.4) is 0 Å². The lowest BCUT2D eigenvalue weighted by Crippen LogP contribution is -2.33. The number of rotatable bonds is 6. The molecule has 6 rings (SSSR count). The Morgan fingerprint density at radius 1 is 1.29 bits per heavy atom. The van der Waals surface area contributed by atoms with Gasteiger partial charge in [-0.25, -0.2) is 37.7 Å². The van der Waals surface area contributed by atoms with Gasteiger partial charge >= 0.3 is 13.5 Å². The first-order chi connectivity index (χ1) is 24.6. The Labute approximate surface area is 301 Å². The first kappa shape index (κ1) is 38.4. The number of aromatic amines is 1. The van der Waals surface area contributed by atoms with Crippen LogP contribution in [-0.2, 0) is 61.7 Å². The Kier molecular flexibility index (Phi) is 11.2. The van der Waals surface area contributed by atoms with Crippen molar-refractivity contribution in [3.63, 3.8) is 0 Å². The van der Waals surface area contributed by atoms with E-state index in [0.29, 0.717) is 0 Å². The number of H-pyrrole nitrogens is 1. The van der Waals surface area contributed by atoms with Crippen molar-refractivity contribution in [1.82, 2.24) is 39.0 Å². The highest BCUT2D eigenvalue weighted by atomic mass is 32.7. The molecule has 4 aromatic heterocycles. The highest BCUT2D eigenvalue weighted by molar-refractivity contribution is 8.44. The molecule has 4 aromatic rings. The lowest BCUT2D eigenvalue weighted by Gasteiger charge is -2.26. The van der Waals surface area contributed by atoms with Gasteiger partial charge in [0, 0.05) is 5.92 Å². The first-order valence-corrected chi connectivity index (χ1v) is 20.5. The molecule has 26 heteroatoms. The molecule has 280 valence electrons. The second-order valence-corrected chi connectivity index (χ2v) is 17.6. The van der Waals surface area contributed by atoms with Crippen LogP contribution in [0.4, 0.5) is 19.1 Å². The number of imidazole rings is 2. The molecular weight excluding hydrogens is 779 g/mol. The summed E-state index contributed by atoms with van der Waals surface area (Å²) in [7, 11) is 0. The Bertz CT molecular complexity index is 2180. The van der Waals surface area contributed by atoms with Crippen molar-refractivity contribution in [2.45, 2.75) is 63.9 Å². The molecule has 2 unspecified atom stereocenters. The Morgan fingerprint density at radius 2 is 2.08 bits per heavy atom. The summed E-state index contributed by atoms with van der Waals surface area (Å²) in [5, 5.41) is 11.5. The Balaban J connectivity index is 1.40. The fourth-order valence-electron chi connectivity index (χ4n) is 5.05. The number of fused-ring (bicyclic) bond motifs is 6. The van der Waals surface area contributed by atoms with Gasteiger partial charge in [-0.2, -0.15) is 10.2 Å². The van der Waals surface area contributed by atoms with Crippen LogP contribution in [0.5, 0.6) is 0 Å². The number of hydrogen-bond donors (Lipinski definition) is 3. The number of carbonyl (C=O) groups is 1. The fraction of sp³-hybridized carbons (Fsp3) is 0.538. The van der Waals surface area contributed by atoms with E-state index in [4.69, 9.17) is 44.4 Å². The Hall–Kier alpha value is -3.36. The summed E-state index contributed by atoms with van der Waals surface area (Å²) >= 11 is 9.39. The monoisotopic (exact) mass is 808 g/mol. The molecule has 2 aliphatic rings. The molecule has 6 heterocycles. The fourth-order valence-corrected chi connectivity index (χ4v) is 8.20. The van der Waals surface area contributed by atoms with Crippen molar-refractivity contribution in [2.75, 3.05) is 25.1 Å². The summed E-state index contributed by atoms with van der Waals surface area (Å²) in [4.78, 5) is 48.0. The number of nitrogens with one attached hydrogen (secondary N) is 2. The summed E-state index contributed by atoms with van der Waals surface area (Å²) in [5.74, 6) is -5.09. The quantitative estimate of drug-likeness (QED) is 0.144. The molecule has 0 saturated carbocycles. The van der Waals surface area contributed by atoms with E-state index in [-0.39, 0.29) is 47.1 Å². The van der Waals surface area contributed by atoms with Gasteiger partial charge in [0.15, 0.2) is 29.2 Å². The summed E-state index contributed by atoms with van der Waals surface area (Å²) in [5.41, 5.74) is -1.13. The van der Waals surface area contributed by atoms with Gasteiger partial charge in [-0.1, -0.05) is 26.1 Å². The number of halogens is 3. The van der Waals surface area contributed by atoms with Gasteiger partial charge in [-0.15, -0.1) is 0 Å². The number of hydrogen-bond acceptors (Lipinski definition) is 16. The molecule has 0 aliphatic carbocycles. The topological polar surface area (TPSA) is 233 Å². The second kappa shape index (κ2) is 15.2. The van der Waals surface area contributed by atoms with Crippen molar-refractivity contribution < 1.29 is 49.9 Å². The smallest absolute Gasteiger partial charge is 0.346 e. The summed E-state index contributed by atoms with van der Waals surface area (Å²) in [6, 6.07) is 1.82. The van der Waals surface area contributed by atoms with E-state index in [1.54, 1.807) is 13.8 Å². The normalized spacial score (nSPS) is 28.5. The van der Waals surface area contributed by atoms with E-state index in [9.17, 15) is 14.2 Å². The lowest BCUT2D eigenvalue weighted by atomic mass is 10.1. The zero-order chi connectivity index (χ0) is 37.4. The molecule has 2 aliphatic heterocycles. The third-order valence-electron chi connectivity index (χ3n) is 7.52. The van der Waals surface area contributed by atoms with Crippen LogP contribution in [0.15, 0.2) is 23.6 Å². The molecule has 2 bridgehead atoms. The molecule has 1 fully saturated rings. The number of thiol groups is 1. The van der Waals surface area contributed by atoms with Crippen LogP contribution >= 0.6 is 25.8 Å². The van der Waals surface area contributed by atoms with Crippen LogP contribution in [0.2, 0.25) is 0 Å². The molecular formula is C26H29F3N10O9P2S2. The predicted octanol–water partition coefficient (Wildman–Crippen LogP) is 3.57. The van der Waals surface area contributed by atoms with Gasteiger partial charge in [0.2, 0.25) is 11.9 Å². The molecule has 2 N–H and O–H groups in total. The van der Waals surface area contributed by atoms with Gasteiger partial charge in [-0.3, -0.25) is 33.5 Å². The second-order valence-electron chi connectivity index (χ2n) is 11.7. The maximum Gasteiger partial charge on any atom is 0.387 e. The number of alkyl halides is 3. The van der Waals surface area contributed by atoms with E-state index in [0.717, 1.165) is 21.8 Å². The number of nitrogens with zero attached hydrogens (tertiary/aromatic N) is 8. The number of ether oxygens (including phenoxy) is 1. The number of amides is 1. The number of aromatic nitrogens is 8. The van der Waals surface area contributed by atoms with Gasteiger partial charge in [0.25, 0.3) is 11.5 Å². The molecule has 0 radical (unpaired) electrons. The van der Waals surface area contributed by atoms with Crippen molar-refractivity contribution in [1.29, 1.82) is 5.26 Å². The average Bonchev–Trinajstić information content (AvgIpc) is 3.75. The lowest BCUT2D eigenvalue weighted by molar-refractivity contribution is -0.118. The van der Waals surface area contributed by atoms with Crippen LogP contribution in [0, 0.1) is 17.2 Å². The molecule has 6 atom stereocenters. The minimum atomic E-state index is -4.61. The largest absolute Gasteiger partial charge is 0.387 e. The van der Waals surface area contributed by atoms with E-state index >= 15 is 13.2 Å². The maximum atomic E-state index is 16.4. The number of carbonyl (C=O) groups excluding carboxylic acids is 1. The van der Waals surface area contributed by atoms with Gasteiger partial charge in [0.1, 0.15) is 43.1 Å². The minimum Gasteiger partial charge on any atom is -0.346 e. The van der Waals surface area contributed by atoms with Crippen molar-refractivity contribution in [2.24, 2.45) is 5.92 Å². The molecule has 19 nitrogen and oxygen atoms in total. The van der Waals surface area contributed by atoms with Gasteiger partial charge in [0.05, 0.1) is 44.8 Å². The van der Waals surface area contributed by atoms with Gasteiger partial charge < -0.3 is 22.9 Å². The Morgan fingerprint density at radius 3 is 2.83 bits per heavy atom. The van der Waals surface area contributed by atoms with Crippen molar-refractivity contribution >= 4 is 71.8 Å². The van der Waals surface area contributed by atoms with Crippen LogP contribution in [0.1, 0.15) is 32.3 Å². The molecule has 52 heavy (non-hydrogen) atoms. The van der Waals surface area contributed by atoms with Crippen LogP contribution < -0.4 is 10.9 Å². The van der Waals surface area contributed by atoms with Crippen molar-refractivity contribution in [3.8, 4) is 6.07 Å². The molecule has 1 saturated heterocycles. The molecule has 0 spiro atoms. The zero-order valence-electron chi connectivity index (χ0n) is 27.0. The third kappa shape index (κ3) is 8.38. The first-order valence-electron chi connectivity index (χ1n) is 15.3. The SMILES string of the molecule is CC(C)C(=O)Nc1nc2c(ncn2[C@@H]2O[C@@H]3COP(=S)(OCCC#N)OCC(F)(F)Cn4c(nc5cncnc54)COP(=O)(S)O[C@@H]2[C@@H]3F)c(=O)[nH]1. The summed E-state index contributed by atoms with van der Waals surface area (Å²) < 4.78 is 96.6. The zero-order valence-corrected chi connectivity index (χ0v) is 30.5. The number of nitriles is 1.